The summed E-state index contributed by atoms with van der Waals surface area (Å²) in [4.78, 5) is 37.2. The van der Waals surface area contributed by atoms with Crippen LogP contribution in [0, 0.1) is 0 Å². The molecule has 7 nitrogen and oxygen atoms in total. The fraction of sp³-hybridized carbons (Fsp3) is 0.471. The maximum Gasteiger partial charge on any atom is 0.510 e. The van der Waals surface area contributed by atoms with Crippen molar-refractivity contribution >= 4 is 41.2 Å². The first kappa shape index (κ1) is 20.3. The van der Waals surface area contributed by atoms with Gasteiger partial charge in [0.2, 0.25) is 11.8 Å². The van der Waals surface area contributed by atoms with Gasteiger partial charge in [-0.1, -0.05) is 29.3 Å². The van der Waals surface area contributed by atoms with E-state index in [2.05, 4.69) is 10.1 Å². The largest absolute Gasteiger partial charge is 0.510 e. The molecule has 2 rings (SSSR count). The van der Waals surface area contributed by atoms with Gasteiger partial charge in [-0.2, -0.15) is 0 Å². The van der Waals surface area contributed by atoms with Gasteiger partial charge in [0.05, 0.1) is 13.5 Å². The van der Waals surface area contributed by atoms with Crippen LogP contribution in [0.3, 0.4) is 0 Å². The summed E-state index contributed by atoms with van der Waals surface area (Å²) < 4.78 is 9.88. The molecule has 1 fully saturated rings. The lowest BCUT2D eigenvalue weighted by Gasteiger charge is -2.40. The highest BCUT2D eigenvalue weighted by atomic mass is 35.5. The molecule has 0 atom stereocenters. The quantitative estimate of drug-likeness (QED) is 0.618. The van der Waals surface area contributed by atoms with Gasteiger partial charge in [0.1, 0.15) is 0 Å². The van der Waals surface area contributed by atoms with Crippen LogP contribution in [0.5, 0.6) is 0 Å². The summed E-state index contributed by atoms with van der Waals surface area (Å²) in [5.74, 6) is -0.439. The fourth-order valence-corrected chi connectivity index (χ4v) is 3.25. The predicted octanol–water partition coefficient (Wildman–Crippen LogP) is 2.77. The van der Waals surface area contributed by atoms with Gasteiger partial charge in [0, 0.05) is 42.9 Å². The molecule has 1 heterocycles. The number of methoxy groups -OCH3 is 1. The Morgan fingerprint density at radius 3 is 2.42 bits per heavy atom. The first-order valence-corrected chi connectivity index (χ1v) is 8.78. The Balaban J connectivity index is 2.09. The van der Waals surface area contributed by atoms with Gasteiger partial charge in [-0.05, 0) is 17.7 Å². The number of hydrogen-bond acceptors (Lipinski definition) is 5. The lowest BCUT2D eigenvalue weighted by Crippen LogP contribution is -2.58. The molecule has 26 heavy (non-hydrogen) atoms. The van der Waals surface area contributed by atoms with Crippen LogP contribution in [-0.4, -0.2) is 48.8 Å². The Hall–Kier alpha value is -1.99. The second-order valence-corrected chi connectivity index (χ2v) is 6.86. The van der Waals surface area contributed by atoms with Gasteiger partial charge >= 0.3 is 6.16 Å². The number of rotatable bonds is 4. The number of nitrogens with one attached hydrogen (secondary N) is 1. The molecule has 1 aliphatic heterocycles. The third-order valence-corrected chi connectivity index (χ3v) is 4.78. The Bertz CT molecular complexity index is 702. The van der Waals surface area contributed by atoms with Gasteiger partial charge in [-0.15, -0.1) is 0 Å². The maximum absolute atomic E-state index is 12.5. The Labute approximate surface area is 161 Å². The van der Waals surface area contributed by atoms with E-state index < -0.39 is 11.9 Å². The summed E-state index contributed by atoms with van der Waals surface area (Å²) in [5.41, 5.74) is -0.627. The third kappa shape index (κ3) is 5.25. The van der Waals surface area contributed by atoms with Crippen molar-refractivity contribution in [3.05, 3.63) is 33.8 Å². The van der Waals surface area contributed by atoms with Crippen LogP contribution < -0.4 is 5.32 Å². The molecule has 1 N–H and O–H groups in total. The van der Waals surface area contributed by atoms with Crippen molar-refractivity contribution in [3.63, 3.8) is 0 Å². The molecule has 0 bridgehead atoms. The molecule has 0 unspecified atom stereocenters. The Morgan fingerprint density at radius 2 is 1.88 bits per heavy atom. The normalized spacial score (nSPS) is 15.9. The van der Waals surface area contributed by atoms with Crippen molar-refractivity contribution in [1.82, 2.24) is 10.2 Å². The van der Waals surface area contributed by atoms with Crippen LogP contribution in [0.15, 0.2) is 18.2 Å². The van der Waals surface area contributed by atoms with E-state index in [9.17, 15) is 14.4 Å². The Morgan fingerprint density at radius 1 is 1.23 bits per heavy atom. The predicted molar refractivity (Wildman–Crippen MR) is 96.0 cm³/mol. The first-order valence-electron chi connectivity index (χ1n) is 8.02. The molecule has 9 heteroatoms. The van der Waals surface area contributed by atoms with Crippen molar-refractivity contribution in [2.45, 2.75) is 31.9 Å². The van der Waals surface area contributed by atoms with E-state index in [1.807, 2.05) is 0 Å². The molecule has 0 aliphatic carbocycles. The molecule has 0 radical (unpaired) electrons. The summed E-state index contributed by atoms with van der Waals surface area (Å²) in [6.45, 7) is 2.18. The average molecular weight is 403 g/mol. The van der Waals surface area contributed by atoms with E-state index in [0.29, 0.717) is 28.7 Å². The zero-order valence-electron chi connectivity index (χ0n) is 14.5. The van der Waals surface area contributed by atoms with Crippen LogP contribution in [0.25, 0.3) is 0 Å². The molecule has 0 spiro atoms. The van der Waals surface area contributed by atoms with Crippen LogP contribution >= 0.6 is 23.2 Å². The summed E-state index contributed by atoms with van der Waals surface area (Å²) in [6, 6.07) is 4.86. The van der Waals surface area contributed by atoms with Gasteiger partial charge < -0.3 is 19.7 Å². The number of halogens is 2. The molecule has 2 amide bonds. The average Bonchev–Trinajstić information content (AvgIpc) is 2.57. The standard InChI is InChI=1S/C17H20Cl2N2O5/c1-11(22)21-7-5-17(6-8-21,26-16(24)25-2)20-15(23)9-12-3-4-13(18)10-14(12)19/h3-4,10H,5-9H2,1-2H3,(H,20,23). The minimum Gasteiger partial charge on any atom is -0.438 e. The summed E-state index contributed by atoms with van der Waals surface area (Å²) >= 11 is 12.0. The number of carbonyl (C=O) groups is 3. The molecule has 1 aromatic rings. The van der Waals surface area contributed by atoms with E-state index in [1.165, 1.54) is 14.0 Å². The number of carbonyl (C=O) groups excluding carboxylic acids is 3. The van der Waals surface area contributed by atoms with Gasteiger partial charge in [-0.25, -0.2) is 4.79 Å². The smallest absolute Gasteiger partial charge is 0.438 e. The number of ether oxygens (including phenoxy) is 2. The summed E-state index contributed by atoms with van der Waals surface area (Å²) in [6.07, 6.45) is -0.367. The van der Waals surface area contributed by atoms with E-state index in [1.54, 1.807) is 23.1 Å². The van der Waals surface area contributed by atoms with E-state index in [-0.39, 0.29) is 31.1 Å². The van der Waals surface area contributed by atoms with Crippen molar-refractivity contribution < 1.29 is 23.9 Å². The van der Waals surface area contributed by atoms with Crippen LogP contribution in [0.2, 0.25) is 10.0 Å². The molecule has 1 aliphatic rings. The maximum atomic E-state index is 12.5. The molecule has 1 saturated heterocycles. The van der Waals surface area contributed by atoms with E-state index >= 15 is 0 Å². The lowest BCUT2D eigenvalue weighted by atomic mass is 9.99. The summed E-state index contributed by atoms with van der Waals surface area (Å²) in [7, 11) is 1.19. The molecule has 0 saturated carbocycles. The SMILES string of the molecule is COC(=O)OC1(NC(=O)Cc2ccc(Cl)cc2Cl)CCN(C(C)=O)CC1. The second-order valence-electron chi connectivity index (χ2n) is 6.02. The number of amides is 2. The zero-order valence-corrected chi connectivity index (χ0v) is 16.0. The topological polar surface area (TPSA) is 84.9 Å². The van der Waals surface area contributed by atoms with Gasteiger partial charge in [-0.3, -0.25) is 9.59 Å². The van der Waals surface area contributed by atoms with Crippen molar-refractivity contribution in [2.24, 2.45) is 0 Å². The molecule has 0 aromatic heterocycles. The summed E-state index contributed by atoms with van der Waals surface area (Å²) in [5, 5.41) is 3.61. The fourth-order valence-electron chi connectivity index (χ4n) is 2.77. The highest BCUT2D eigenvalue weighted by molar-refractivity contribution is 6.35. The Kier molecular flexibility index (Phi) is 6.72. The number of benzene rings is 1. The third-order valence-electron chi connectivity index (χ3n) is 4.20. The number of hydrogen-bond donors (Lipinski definition) is 1. The van der Waals surface area contributed by atoms with Crippen LogP contribution in [0.1, 0.15) is 25.3 Å². The minimum absolute atomic E-state index is 0.00128. The van der Waals surface area contributed by atoms with Crippen LogP contribution in [-0.2, 0) is 25.5 Å². The number of piperidine rings is 1. The van der Waals surface area contributed by atoms with Crippen molar-refractivity contribution in [3.8, 4) is 0 Å². The lowest BCUT2D eigenvalue weighted by molar-refractivity contribution is -0.141. The van der Waals surface area contributed by atoms with Crippen molar-refractivity contribution in [1.29, 1.82) is 0 Å². The van der Waals surface area contributed by atoms with Crippen molar-refractivity contribution in [2.75, 3.05) is 20.2 Å². The minimum atomic E-state index is -1.23. The first-order chi connectivity index (χ1) is 12.2. The highest BCUT2D eigenvalue weighted by Gasteiger charge is 2.40. The number of likely N-dealkylation sites (tertiary alicyclic amines) is 1. The molecule has 1 aromatic carbocycles. The number of nitrogens with zero attached hydrogens (tertiary/aromatic N) is 1. The van der Waals surface area contributed by atoms with Gasteiger partial charge in [0.25, 0.3) is 0 Å². The van der Waals surface area contributed by atoms with Gasteiger partial charge in [0.15, 0.2) is 5.72 Å². The highest BCUT2D eigenvalue weighted by Crippen LogP contribution is 2.26. The van der Waals surface area contributed by atoms with E-state index in [4.69, 9.17) is 27.9 Å². The monoisotopic (exact) mass is 402 g/mol. The second kappa shape index (κ2) is 8.60. The molecular formula is C17H20Cl2N2O5. The molecular weight excluding hydrogens is 383 g/mol. The molecule has 142 valence electrons. The van der Waals surface area contributed by atoms with Crippen LogP contribution in [0.4, 0.5) is 4.79 Å². The zero-order chi connectivity index (χ0) is 19.3. The van der Waals surface area contributed by atoms with E-state index in [0.717, 1.165) is 0 Å².